The standard InChI is InChI=1S/C14H25/c1-4-7-8-9-10-11-13-14(6-3)12-5-2/h11,13H,4-10H2,1-3H3/b13-11+,14-12?. The highest BCUT2D eigenvalue weighted by Crippen LogP contribution is 2.07. The molecule has 1 radical (unpaired) electrons. The largest absolute Gasteiger partial charge is 0.0843 e. The SMILES string of the molecule is CC/[C]=C(\C=C\CCCCCC)CC. The van der Waals surface area contributed by atoms with E-state index in [2.05, 4.69) is 39.0 Å². The van der Waals surface area contributed by atoms with Crippen LogP contribution >= 0.6 is 0 Å². The van der Waals surface area contributed by atoms with E-state index in [9.17, 15) is 0 Å². The average molecular weight is 193 g/mol. The lowest BCUT2D eigenvalue weighted by molar-refractivity contribution is 0.674. The maximum Gasteiger partial charge on any atom is -0.0302 e. The Labute approximate surface area is 90.1 Å². The fraction of sp³-hybridized carbons (Fsp3) is 0.714. The molecule has 0 nitrogen and oxygen atoms in total. The highest BCUT2D eigenvalue weighted by Gasteiger charge is 1.87. The van der Waals surface area contributed by atoms with Crippen LogP contribution in [0.15, 0.2) is 17.7 Å². The smallest absolute Gasteiger partial charge is 0.0302 e. The third-order valence-corrected chi connectivity index (χ3v) is 2.33. The number of unbranched alkanes of at least 4 members (excludes halogenated alkanes) is 4. The van der Waals surface area contributed by atoms with Crippen LogP contribution in [0.4, 0.5) is 0 Å². The van der Waals surface area contributed by atoms with Crippen molar-refractivity contribution in [3.8, 4) is 0 Å². The van der Waals surface area contributed by atoms with Gasteiger partial charge in [-0.15, -0.1) is 0 Å². The van der Waals surface area contributed by atoms with E-state index in [0.29, 0.717) is 0 Å². The number of hydrogen-bond acceptors (Lipinski definition) is 0. The lowest BCUT2D eigenvalue weighted by Crippen LogP contribution is -1.77. The summed E-state index contributed by atoms with van der Waals surface area (Å²) in [5, 5.41) is 0. The lowest BCUT2D eigenvalue weighted by Gasteiger charge is -1.96. The van der Waals surface area contributed by atoms with E-state index >= 15 is 0 Å². The Kier molecular flexibility index (Phi) is 10.2. The summed E-state index contributed by atoms with van der Waals surface area (Å²) >= 11 is 0. The lowest BCUT2D eigenvalue weighted by atomic mass is 10.1. The number of allylic oxidation sites excluding steroid dienone is 4. The van der Waals surface area contributed by atoms with Gasteiger partial charge >= 0.3 is 0 Å². The molecule has 0 aromatic carbocycles. The Balaban J connectivity index is 3.54. The van der Waals surface area contributed by atoms with Gasteiger partial charge in [-0.3, -0.25) is 0 Å². The summed E-state index contributed by atoms with van der Waals surface area (Å²) < 4.78 is 0. The van der Waals surface area contributed by atoms with Crippen LogP contribution in [-0.4, -0.2) is 0 Å². The Morgan fingerprint density at radius 3 is 2.43 bits per heavy atom. The van der Waals surface area contributed by atoms with Crippen molar-refractivity contribution < 1.29 is 0 Å². The summed E-state index contributed by atoms with van der Waals surface area (Å²) in [7, 11) is 0. The Morgan fingerprint density at radius 2 is 1.86 bits per heavy atom. The van der Waals surface area contributed by atoms with Crippen LogP contribution in [-0.2, 0) is 0 Å². The Hall–Kier alpha value is -0.520. The highest BCUT2D eigenvalue weighted by atomic mass is 13.9. The van der Waals surface area contributed by atoms with E-state index in [0.717, 1.165) is 12.8 Å². The van der Waals surface area contributed by atoms with Gasteiger partial charge in [0.25, 0.3) is 0 Å². The fourth-order valence-electron chi connectivity index (χ4n) is 1.44. The second-order valence-electron chi connectivity index (χ2n) is 3.66. The minimum Gasteiger partial charge on any atom is -0.0843 e. The number of rotatable bonds is 8. The highest BCUT2D eigenvalue weighted by molar-refractivity contribution is 5.14. The first-order valence-corrected chi connectivity index (χ1v) is 6.11. The zero-order valence-corrected chi connectivity index (χ0v) is 10.1. The third kappa shape index (κ3) is 8.10. The van der Waals surface area contributed by atoms with Crippen LogP contribution in [0.3, 0.4) is 0 Å². The first-order valence-electron chi connectivity index (χ1n) is 6.11. The zero-order chi connectivity index (χ0) is 10.6. The molecule has 0 aliphatic heterocycles. The van der Waals surface area contributed by atoms with Crippen molar-refractivity contribution in [2.45, 2.75) is 65.7 Å². The van der Waals surface area contributed by atoms with Crippen molar-refractivity contribution in [2.75, 3.05) is 0 Å². The van der Waals surface area contributed by atoms with Gasteiger partial charge in [0.1, 0.15) is 0 Å². The van der Waals surface area contributed by atoms with Gasteiger partial charge in [0.2, 0.25) is 0 Å². The summed E-state index contributed by atoms with van der Waals surface area (Å²) in [5.74, 6) is 0. The Bertz CT molecular complexity index is 163. The molecule has 0 aliphatic rings. The van der Waals surface area contributed by atoms with Crippen LogP contribution in [0.25, 0.3) is 0 Å². The van der Waals surface area contributed by atoms with Crippen molar-refractivity contribution in [2.24, 2.45) is 0 Å². The minimum absolute atomic E-state index is 1.03. The average Bonchev–Trinajstić information content (AvgIpc) is 2.21. The molecule has 0 spiro atoms. The monoisotopic (exact) mass is 193 g/mol. The van der Waals surface area contributed by atoms with E-state index in [4.69, 9.17) is 0 Å². The van der Waals surface area contributed by atoms with Crippen molar-refractivity contribution in [1.82, 2.24) is 0 Å². The summed E-state index contributed by atoms with van der Waals surface area (Å²) in [5.41, 5.74) is 1.36. The van der Waals surface area contributed by atoms with E-state index in [1.54, 1.807) is 0 Å². The fourth-order valence-corrected chi connectivity index (χ4v) is 1.44. The van der Waals surface area contributed by atoms with Gasteiger partial charge in [-0.1, -0.05) is 52.2 Å². The van der Waals surface area contributed by atoms with E-state index in [-0.39, 0.29) is 0 Å². The number of hydrogen-bond donors (Lipinski definition) is 0. The molecule has 81 valence electrons. The maximum atomic E-state index is 3.36. The zero-order valence-electron chi connectivity index (χ0n) is 10.1. The van der Waals surface area contributed by atoms with Crippen LogP contribution in [0.1, 0.15) is 65.7 Å². The molecule has 0 saturated heterocycles. The molecule has 0 fully saturated rings. The molecule has 0 amide bonds. The second-order valence-corrected chi connectivity index (χ2v) is 3.66. The van der Waals surface area contributed by atoms with E-state index in [1.807, 2.05) is 0 Å². The van der Waals surface area contributed by atoms with Crippen molar-refractivity contribution >= 4 is 0 Å². The van der Waals surface area contributed by atoms with Crippen LogP contribution in [0.2, 0.25) is 0 Å². The quantitative estimate of drug-likeness (QED) is 0.373. The molecular formula is C14H25. The molecule has 0 bridgehead atoms. The third-order valence-electron chi connectivity index (χ3n) is 2.33. The molecule has 0 aromatic rings. The van der Waals surface area contributed by atoms with E-state index in [1.165, 1.54) is 37.7 Å². The first-order chi connectivity index (χ1) is 6.85. The molecule has 0 saturated carbocycles. The minimum atomic E-state index is 1.03. The Morgan fingerprint density at radius 1 is 1.07 bits per heavy atom. The van der Waals surface area contributed by atoms with Crippen LogP contribution < -0.4 is 0 Å². The van der Waals surface area contributed by atoms with Gasteiger partial charge in [0.15, 0.2) is 0 Å². The van der Waals surface area contributed by atoms with Crippen LogP contribution in [0, 0.1) is 6.08 Å². The summed E-state index contributed by atoms with van der Waals surface area (Å²) in [6.45, 7) is 6.59. The van der Waals surface area contributed by atoms with Gasteiger partial charge in [-0.25, -0.2) is 0 Å². The maximum absolute atomic E-state index is 3.36. The first kappa shape index (κ1) is 13.5. The predicted octanol–water partition coefficient (Wildman–Crippen LogP) is 5.06. The van der Waals surface area contributed by atoms with Crippen molar-refractivity contribution in [3.05, 3.63) is 23.8 Å². The molecule has 0 heteroatoms. The molecule has 14 heavy (non-hydrogen) atoms. The molecule has 0 atom stereocenters. The van der Waals surface area contributed by atoms with Gasteiger partial charge in [-0.05, 0) is 37.3 Å². The van der Waals surface area contributed by atoms with Gasteiger partial charge in [-0.2, -0.15) is 0 Å². The van der Waals surface area contributed by atoms with Gasteiger partial charge in [0.05, 0.1) is 0 Å². The molecule has 0 aliphatic carbocycles. The normalized spacial score (nSPS) is 12.6. The van der Waals surface area contributed by atoms with Gasteiger partial charge < -0.3 is 0 Å². The molecule has 0 rings (SSSR count). The molecule has 0 heterocycles. The van der Waals surface area contributed by atoms with Crippen molar-refractivity contribution in [1.29, 1.82) is 0 Å². The van der Waals surface area contributed by atoms with Crippen LogP contribution in [0.5, 0.6) is 0 Å². The summed E-state index contributed by atoms with van der Waals surface area (Å²) in [6.07, 6.45) is 16.7. The predicted molar refractivity (Wildman–Crippen MR) is 65.2 cm³/mol. The van der Waals surface area contributed by atoms with Gasteiger partial charge in [0, 0.05) is 0 Å². The van der Waals surface area contributed by atoms with Crippen molar-refractivity contribution in [3.63, 3.8) is 0 Å². The molecular weight excluding hydrogens is 168 g/mol. The second kappa shape index (κ2) is 10.6. The molecule has 0 aromatic heterocycles. The van der Waals surface area contributed by atoms with E-state index < -0.39 is 0 Å². The topological polar surface area (TPSA) is 0 Å². The summed E-state index contributed by atoms with van der Waals surface area (Å²) in [6, 6.07) is 0. The molecule has 0 N–H and O–H groups in total. The summed E-state index contributed by atoms with van der Waals surface area (Å²) in [4.78, 5) is 0. The molecule has 0 unspecified atom stereocenters.